The van der Waals surface area contributed by atoms with Gasteiger partial charge in [-0.05, 0) is 53.6 Å². The van der Waals surface area contributed by atoms with Gasteiger partial charge in [-0.15, -0.1) is 11.8 Å². The quantitative estimate of drug-likeness (QED) is 0.618. The number of benzene rings is 1. The number of hydrogen-bond donors (Lipinski definition) is 1. The first-order valence-corrected chi connectivity index (χ1v) is 10.2. The van der Waals surface area contributed by atoms with E-state index in [9.17, 15) is 9.90 Å². The number of ketones is 1. The Morgan fingerprint density at radius 2 is 2.15 bits per heavy atom. The summed E-state index contributed by atoms with van der Waals surface area (Å²) in [6, 6.07) is 8.18. The molecular weight excluding hydrogens is 434 g/mol. The van der Waals surface area contributed by atoms with Crippen molar-refractivity contribution in [2.75, 3.05) is 0 Å². The lowest BCUT2D eigenvalue weighted by Crippen LogP contribution is -2.21. The van der Waals surface area contributed by atoms with E-state index in [0.717, 1.165) is 10.0 Å². The van der Waals surface area contributed by atoms with E-state index >= 15 is 0 Å². The lowest BCUT2D eigenvalue weighted by atomic mass is 9.95. The first kappa shape index (κ1) is 19.2. The summed E-state index contributed by atoms with van der Waals surface area (Å²) in [7, 11) is 0. The maximum atomic E-state index is 12.2. The molecule has 1 unspecified atom stereocenters. The second kappa shape index (κ2) is 7.99. The third kappa shape index (κ3) is 4.05. The van der Waals surface area contributed by atoms with Crippen LogP contribution in [0, 0.1) is 12.8 Å². The minimum Gasteiger partial charge on any atom is -0.510 e. The Morgan fingerprint density at radius 3 is 2.85 bits per heavy atom. The summed E-state index contributed by atoms with van der Waals surface area (Å²) in [6.07, 6.45) is 5.23. The highest BCUT2D eigenvalue weighted by Gasteiger charge is 2.32. The first-order chi connectivity index (χ1) is 12.4. The lowest BCUT2D eigenvalue weighted by Gasteiger charge is -2.23. The number of fused-ring (bicyclic) bond motifs is 1. The molecule has 3 nitrogen and oxygen atoms in total. The number of aliphatic imine (C=N–C) groups is 1. The number of thioether (sulfide) groups is 1. The number of carbonyl (C=O) groups is 1. The van der Waals surface area contributed by atoms with Gasteiger partial charge in [0.25, 0.3) is 0 Å². The van der Waals surface area contributed by atoms with Crippen LogP contribution in [0.3, 0.4) is 0 Å². The lowest BCUT2D eigenvalue weighted by molar-refractivity contribution is -0.113. The monoisotopic (exact) mass is 449 g/mol. The van der Waals surface area contributed by atoms with Crippen molar-refractivity contribution in [1.29, 1.82) is 0 Å². The number of nitrogens with zero attached hydrogens (tertiary/aromatic N) is 1. The van der Waals surface area contributed by atoms with Crippen molar-refractivity contribution < 1.29 is 9.90 Å². The predicted molar refractivity (Wildman–Crippen MR) is 113 cm³/mol. The molecule has 0 radical (unpaired) electrons. The van der Waals surface area contributed by atoms with Gasteiger partial charge in [0, 0.05) is 15.3 Å². The molecule has 1 N–H and O–H groups in total. The van der Waals surface area contributed by atoms with Crippen molar-refractivity contribution in [3.8, 4) is 0 Å². The van der Waals surface area contributed by atoms with E-state index in [1.165, 1.54) is 24.2 Å². The number of halogens is 2. The Kier molecular flexibility index (Phi) is 5.90. The SMILES string of the molecule is CC(=O)C1=C(O)C2C=C(Cl)C=CC(Br)=C2N=C1SCc1cccc(C)c1. The summed E-state index contributed by atoms with van der Waals surface area (Å²) < 4.78 is 0.734. The summed E-state index contributed by atoms with van der Waals surface area (Å²) in [6.45, 7) is 3.48. The van der Waals surface area contributed by atoms with Crippen molar-refractivity contribution in [1.82, 2.24) is 0 Å². The van der Waals surface area contributed by atoms with Crippen molar-refractivity contribution in [2.24, 2.45) is 10.9 Å². The minimum absolute atomic E-state index is 0.00644. The van der Waals surface area contributed by atoms with Crippen molar-refractivity contribution in [3.05, 3.63) is 80.2 Å². The summed E-state index contributed by atoms with van der Waals surface area (Å²) in [4.78, 5) is 16.9. The molecule has 1 aliphatic carbocycles. The molecule has 1 heterocycles. The van der Waals surface area contributed by atoms with Crippen LogP contribution in [0.25, 0.3) is 0 Å². The Balaban J connectivity index is 2.00. The number of allylic oxidation sites excluding steroid dienone is 4. The van der Waals surface area contributed by atoms with Crippen LogP contribution in [0.5, 0.6) is 0 Å². The fourth-order valence-corrected chi connectivity index (χ4v) is 4.53. The highest BCUT2D eigenvalue weighted by Crippen LogP contribution is 2.39. The molecule has 0 saturated carbocycles. The molecule has 1 aromatic carbocycles. The summed E-state index contributed by atoms with van der Waals surface area (Å²) in [5.74, 6) is -0.0935. The average molecular weight is 451 g/mol. The molecule has 0 amide bonds. The Labute approximate surface area is 170 Å². The van der Waals surface area contributed by atoms with Gasteiger partial charge in [-0.1, -0.05) is 41.4 Å². The summed E-state index contributed by atoms with van der Waals surface area (Å²) in [5, 5.41) is 11.8. The molecule has 2 aliphatic rings. The van der Waals surface area contributed by atoms with Gasteiger partial charge in [0.1, 0.15) is 10.8 Å². The molecule has 0 aromatic heterocycles. The molecule has 26 heavy (non-hydrogen) atoms. The topological polar surface area (TPSA) is 49.7 Å². The molecule has 1 aliphatic heterocycles. The third-order valence-corrected chi connectivity index (χ3v) is 6.02. The Hall–Kier alpha value is -1.56. The molecule has 1 aromatic rings. The average Bonchev–Trinajstić information content (AvgIpc) is 2.72. The van der Waals surface area contributed by atoms with Crippen LogP contribution < -0.4 is 0 Å². The molecule has 0 spiro atoms. The van der Waals surface area contributed by atoms with Gasteiger partial charge in [-0.3, -0.25) is 4.79 Å². The van der Waals surface area contributed by atoms with E-state index < -0.39 is 5.92 Å². The third-order valence-electron chi connectivity index (χ3n) is 4.05. The van der Waals surface area contributed by atoms with Crippen molar-refractivity contribution in [2.45, 2.75) is 19.6 Å². The summed E-state index contributed by atoms with van der Waals surface area (Å²) >= 11 is 11.1. The van der Waals surface area contributed by atoms with Crippen LogP contribution in [0.15, 0.2) is 74.0 Å². The van der Waals surface area contributed by atoms with Crippen LogP contribution in [0.2, 0.25) is 0 Å². The summed E-state index contributed by atoms with van der Waals surface area (Å²) in [5.41, 5.74) is 3.22. The van der Waals surface area contributed by atoms with Gasteiger partial charge in [0.05, 0.1) is 17.2 Å². The molecule has 0 fully saturated rings. The van der Waals surface area contributed by atoms with Crippen LogP contribution >= 0.6 is 39.3 Å². The smallest absolute Gasteiger partial charge is 0.165 e. The largest absolute Gasteiger partial charge is 0.510 e. The van der Waals surface area contributed by atoms with E-state index in [2.05, 4.69) is 27.0 Å². The van der Waals surface area contributed by atoms with Gasteiger partial charge in [0.15, 0.2) is 5.78 Å². The zero-order valence-electron chi connectivity index (χ0n) is 14.3. The standard InChI is InChI=1S/C20H17BrClNO2S/c1-11-4-3-5-13(8-11)10-26-20-17(12(2)24)19(25)15-9-14(22)6-7-16(21)18(15)23-20/h3-9,15,25H,10H2,1-2H3. The van der Waals surface area contributed by atoms with Crippen LogP contribution in [-0.4, -0.2) is 15.9 Å². The number of aryl methyl sites for hydroxylation is 1. The van der Waals surface area contributed by atoms with Gasteiger partial charge < -0.3 is 5.11 Å². The van der Waals surface area contributed by atoms with E-state index in [1.54, 1.807) is 18.2 Å². The van der Waals surface area contributed by atoms with E-state index in [-0.39, 0.29) is 17.1 Å². The molecule has 0 bridgehead atoms. The number of rotatable bonds is 3. The molecule has 6 heteroatoms. The molecule has 134 valence electrons. The van der Waals surface area contributed by atoms with Gasteiger partial charge in [-0.25, -0.2) is 4.99 Å². The van der Waals surface area contributed by atoms with E-state index in [1.807, 2.05) is 25.1 Å². The van der Waals surface area contributed by atoms with Crippen LogP contribution in [0.4, 0.5) is 0 Å². The van der Waals surface area contributed by atoms with Crippen LogP contribution in [0.1, 0.15) is 18.1 Å². The second-order valence-electron chi connectivity index (χ2n) is 6.11. The molecule has 3 rings (SSSR count). The number of Topliss-reactive ketones (excluding diaryl/α,β-unsaturated/α-hetero) is 1. The number of aliphatic hydroxyl groups excluding tert-OH is 1. The van der Waals surface area contributed by atoms with Gasteiger partial charge in [0.2, 0.25) is 0 Å². The van der Waals surface area contributed by atoms with Gasteiger partial charge in [-0.2, -0.15) is 0 Å². The number of dihydropyridines is 1. The fourth-order valence-electron chi connectivity index (χ4n) is 2.83. The first-order valence-electron chi connectivity index (χ1n) is 8.03. The maximum absolute atomic E-state index is 12.2. The number of aliphatic hydroxyl groups is 1. The zero-order valence-corrected chi connectivity index (χ0v) is 17.5. The predicted octanol–water partition coefficient (Wildman–Crippen LogP) is 5.96. The molecule has 1 atom stereocenters. The molecule has 0 saturated heterocycles. The number of carbonyl (C=O) groups excluding carboxylic acids is 1. The Bertz CT molecular complexity index is 927. The second-order valence-corrected chi connectivity index (χ2v) is 8.36. The van der Waals surface area contributed by atoms with Gasteiger partial charge >= 0.3 is 0 Å². The van der Waals surface area contributed by atoms with Crippen molar-refractivity contribution >= 4 is 50.1 Å². The highest BCUT2D eigenvalue weighted by molar-refractivity contribution is 9.11. The normalized spacial score (nSPS) is 19.8. The minimum atomic E-state index is -0.533. The zero-order chi connectivity index (χ0) is 18.8. The maximum Gasteiger partial charge on any atom is 0.165 e. The fraction of sp³-hybridized carbons (Fsp3) is 0.200. The number of hydrogen-bond acceptors (Lipinski definition) is 4. The molecular formula is C20H17BrClNO2S. The van der Waals surface area contributed by atoms with Crippen molar-refractivity contribution in [3.63, 3.8) is 0 Å². The van der Waals surface area contributed by atoms with Crippen LogP contribution in [-0.2, 0) is 10.5 Å². The highest BCUT2D eigenvalue weighted by atomic mass is 79.9. The van der Waals surface area contributed by atoms with E-state index in [0.29, 0.717) is 21.5 Å². The Morgan fingerprint density at radius 1 is 1.38 bits per heavy atom. The van der Waals surface area contributed by atoms with E-state index in [4.69, 9.17) is 11.6 Å².